The highest BCUT2D eigenvalue weighted by Gasteiger charge is 2.57. The van der Waals surface area contributed by atoms with Crippen LogP contribution in [0.1, 0.15) is 18.7 Å². The van der Waals surface area contributed by atoms with Gasteiger partial charge in [-0.05, 0) is 31.2 Å². The summed E-state index contributed by atoms with van der Waals surface area (Å²) in [6.45, 7) is 0.376. The molecule has 15 heteroatoms. The topological polar surface area (TPSA) is 215 Å². The van der Waals surface area contributed by atoms with Crippen LogP contribution >= 0.6 is 7.75 Å². The number of aliphatic hydroxyl groups excluding tert-OH is 2. The van der Waals surface area contributed by atoms with Crippen LogP contribution in [0.25, 0.3) is 5.52 Å². The second-order valence-electron chi connectivity index (χ2n) is 8.04. The molecule has 1 aliphatic heterocycles. The predicted octanol–water partition coefficient (Wildman–Crippen LogP) is 0.633. The Morgan fingerprint density at radius 2 is 2.08 bits per heavy atom. The van der Waals surface area contributed by atoms with Gasteiger partial charge in [0.1, 0.15) is 54.6 Å². The van der Waals surface area contributed by atoms with E-state index >= 15 is 0 Å². The number of hydrogen-bond donors (Lipinski definition) is 5. The van der Waals surface area contributed by atoms with Gasteiger partial charge in [-0.25, -0.2) is 14.1 Å². The maximum Gasteiger partial charge on any atom is 0.459 e. The molecular weight excluding hydrogens is 495 g/mol. The first-order valence-corrected chi connectivity index (χ1v) is 12.2. The van der Waals surface area contributed by atoms with E-state index in [0.29, 0.717) is 5.52 Å². The highest BCUT2D eigenvalue weighted by Crippen LogP contribution is 2.48. The normalized spacial score (nSPS) is 26.2. The molecule has 36 heavy (non-hydrogen) atoms. The van der Waals surface area contributed by atoms with Gasteiger partial charge in [-0.3, -0.25) is 9.32 Å². The molecule has 1 fully saturated rings. The largest absolute Gasteiger partial charge is 0.480 e. The zero-order valence-electron chi connectivity index (χ0n) is 18.8. The monoisotopic (exact) mass is 518 g/mol. The van der Waals surface area contributed by atoms with Gasteiger partial charge in [0.2, 0.25) is 5.60 Å². The van der Waals surface area contributed by atoms with E-state index < -0.39 is 50.3 Å². The van der Waals surface area contributed by atoms with Crippen molar-refractivity contribution in [2.24, 2.45) is 0 Å². The summed E-state index contributed by atoms with van der Waals surface area (Å²) in [7, 11) is -4.43. The molecule has 0 saturated carbocycles. The van der Waals surface area contributed by atoms with Crippen LogP contribution < -0.4 is 15.3 Å². The molecule has 4 rings (SSSR count). The van der Waals surface area contributed by atoms with Crippen molar-refractivity contribution in [1.82, 2.24) is 19.7 Å². The molecule has 6 N–H and O–H groups in total. The van der Waals surface area contributed by atoms with Gasteiger partial charge < -0.3 is 30.3 Å². The SMILES string of the molecule is C[C@H](N[P@](=O)(OC[C@@]1(C#N)O[C@@H](c2ccc3c(N)ncnn23)[C@H](O)[C@@H]1O)Oc1ccccc1)C(=O)O. The van der Waals surface area contributed by atoms with Crippen LogP contribution in [0.2, 0.25) is 0 Å². The zero-order valence-corrected chi connectivity index (χ0v) is 19.7. The molecule has 3 aromatic rings. The maximum absolute atomic E-state index is 13.5. The third kappa shape index (κ3) is 4.76. The maximum atomic E-state index is 13.5. The van der Waals surface area contributed by atoms with Crippen molar-refractivity contribution in [3.8, 4) is 11.8 Å². The van der Waals surface area contributed by atoms with Crippen molar-refractivity contribution < 1.29 is 38.5 Å². The fraction of sp³-hybridized carbons (Fsp3) is 0.333. The molecule has 190 valence electrons. The summed E-state index contributed by atoms with van der Waals surface area (Å²) < 4.78 is 31.4. The Morgan fingerprint density at radius 3 is 2.75 bits per heavy atom. The van der Waals surface area contributed by atoms with Gasteiger partial charge in [0.15, 0.2) is 5.82 Å². The molecule has 0 bridgehead atoms. The molecule has 1 aliphatic rings. The number of carboxylic acids is 1. The molecule has 6 atom stereocenters. The second-order valence-corrected chi connectivity index (χ2v) is 9.73. The van der Waals surface area contributed by atoms with Crippen LogP contribution in [0.15, 0.2) is 48.8 Å². The quantitative estimate of drug-likeness (QED) is 0.246. The van der Waals surface area contributed by atoms with Gasteiger partial charge >= 0.3 is 13.7 Å². The number of nitrogen functional groups attached to an aromatic ring is 1. The van der Waals surface area contributed by atoms with Crippen LogP contribution in [0.4, 0.5) is 5.82 Å². The number of aliphatic carboxylic acids is 1. The van der Waals surface area contributed by atoms with Crippen molar-refractivity contribution in [3.63, 3.8) is 0 Å². The summed E-state index contributed by atoms with van der Waals surface area (Å²) in [5, 5.41) is 47.0. The Kier molecular flexibility index (Phi) is 6.96. The van der Waals surface area contributed by atoms with E-state index in [4.69, 9.17) is 19.5 Å². The third-order valence-corrected chi connectivity index (χ3v) is 7.20. The van der Waals surface area contributed by atoms with Crippen LogP contribution in [-0.2, 0) is 18.6 Å². The molecule has 1 aromatic carbocycles. The average molecular weight is 518 g/mol. The standard InChI is InChI=1S/C21H23N6O8P/c1-12(20(30)31)26-36(32,35-13-5-3-2-4-6-13)33-10-21(9-22)18(29)16(28)17(34-21)14-7-8-15-19(23)24-11-25-27(14)15/h2-8,11-12,16-18,28-29H,10H2,1H3,(H,26,32)(H,30,31)(H2,23,24,25)/t12-,16-,17-,18-,21+,36-/m0/s1. The number of carbonyl (C=O) groups is 1. The average Bonchev–Trinajstić information content (AvgIpc) is 3.39. The van der Waals surface area contributed by atoms with Crippen LogP contribution in [0, 0.1) is 11.3 Å². The summed E-state index contributed by atoms with van der Waals surface area (Å²) in [5.41, 5.74) is 4.32. The van der Waals surface area contributed by atoms with Gasteiger partial charge in [0, 0.05) is 0 Å². The van der Waals surface area contributed by atoms with Crippen molar-refractivity contribution in [2.75, 3.05) is 12.3 Å². The lowest BCUT2D eigenvalue weighted by atomic mass is 9.96. The first-order chi connectivity index (χ1) is 17.1. The minimum atomic E-state index is -4.43. The van der Waals surface area contributed by atoms with E-state index in [9.17, 15) is 29.9 Å². The smallest absolute Gasteiger partial charge is 0.459 e. The van der Waals surface area contributed by atoms with Crippen molar-refractivity contribution in [2.45, 2.75) is 36.9 Å². The molecule has 0 spiro atoms. The van der Waals surface area contributed by atoms with Crippen molar-refractivity contribution in [3.05, 3.63) is 54.5 Å². The predicted molar refractivity (Wildman–Crippen MR) is 122 cm³/mol. The number of rotatable bonds is 9. The number of fused-ring (bicyclic) bond motifs is 1. The van der Waals surface area contributed by atoms with E-state index in [1.165, 1.54) is 36.0 Å². The van der Waals surface area contributed by atoms with Crippen molar-refractivity contribution >= 4 is 25.1 Å². The fourth-order valence-corrected chi connectivity index (χ4v) is 5.18. The van der Waals surface area contributed by atoms with Gasteiger partial charge in [0.25, 0.3) is 0 Å². The summed E-state index contributed by atoms with van der Waals surface area (Å²) in [6, 6.07) is 11.3. The summed E-state index contributed by atoms with van der Waals surface area (Å²) >= 11 is 0. The van der Waals surface area contributed by atoms with Gasteiger partial charge in [0.05, 0.1) is 5.69 Å². The number of benzene rings is 1. The number of ether oxygens (including phenoxy) is 1. The number of nitrogens with two attached hydrogens (primary N) is 1. The third-order valence-electron chi connectivity index (χ3n) is 5.58. The highest BCUT2D eigenvalue weighted by atomic mass is 31.2. The van der Waals surface area contributed by atoms with Crippen LogP contribution in [0.5, 0.6) is 5.75 Å². The Balaban J connectivity index is 1.61. The molecular formula is C21H23N6O8P. The van der Waals surface area contributed by atoms with E-state index in [1.54, 1.807) is 30.3 Å². The summed E-state index contributed by atoms with van der Waals surface area (Å²) in [4.78, 5) is 15.2. The molecule has 2 aromatic heterocycles. The molecule has 0 radical (unpaired) electrons. The minimum absolute atomic E-state index is 0.0969. The number of aromatic nitrogens is 3. The van der Waals surface area contributed by atoms with Gasteiger partial charge in [-0.2, -0.15) is 15.4 Å². The van der Waals surface area contributed by atoms with Gasteiger partial charge in [-0.15, -0.1) is 0 Å². The minimum Gasteiger partial charge on any atom is -0.480 e. The number of para-hydroxylation sites is 1. The van der Waals surface area contributed by atoms with E-state index in [-0.39, 0.29) is 17.3 Å². The number of anilines is 1. The zero-order chi connectivity index (χ0) is 26.1. The number of aliphatic hydroxyl groups is 2. The van der Waals surface area contributed by atoms with Crippen LogP contribution in [-0.4, -0.2) is 66.3 Å². The van der Waals surface area contributed by atoms with E-state index in [0.717, 1.165) is 0 Å². The Morgan fingerprint density at radius 1 is 1.36 bits per heavy atom. The lowest BCUT2D eigenvalue weighted by Gasteiger charge is -2.28. The van der Waals surface area contributed by atoms with E-state index in [1.807, 2.05) is 0 Å². The van der Waals surface area contributed by atoms with Gasteiger partial charge in [-0.1, -0.05) is 18.2 Å². The lowest BCUT2D eigenvalue weighted by Crippen LogP contribution is -2.46. The van der Waals surface area contributed by atoms with Crippen LogP contribution in [0.3, 0.4) is 0 Å². The molecule has 3 heterocycles. The first kappa shape index (κ1) is 25.5. The Bertz CT molecular complexity index is 1350. The number of nitrogens with zero attached hydrogens (tertiary/aromatic N) is 4. The summed E-state index contributed by atoms with van der Waals surface area (Å²) in [6.07, 6.45) is -3.47. The lowest BCUT2D eigenvalue weighted by molar-refractivity contribution is -0.138. The number of carboxylic acid groups (broad SMARTS) is 1. The molecule has 1 saturated heterocycles. The van der Waals surface area contributed by atoms with Crippen molar-refractivity contribution in [1.29, 1.82) is 5.26 Å². The fourth-order valence-electron chi connectivity index (χ4n) is 3.66. The highest BCUT2D eigenvalue weighted by molar-refractivity contribution is 7.52. The summed E-state index contributed by atoms with van der Waals surface area (Å²) in [5.74, 6) is -1.07. The molecule has 0 aliphatic carbocycles. The molecule has 0 amide bonds. The Hall–Kier alpha value is -3.57. The number of nitriles is 1. The first-order valence-electron chi connectivity index (χ1n) is 10.6. The number of hydrogen-bond acceptors (Lipinski definition) is 11. The molecule has 14 nitrogen and oxygen atoms in total. The molecule has 0 unspecified atom stereocenters. The second kappa shape index (κ2) is 9.82. The Labute approximate surface area is 204 Å². The van der Waals surface area contributed by atoms with E-state index in [2.05, 4.69) is 15.2 Å². The number of nitrogens with one attached hydrogen (secondary N) is 1.